The van der Waals surface area contributed by atoms with Crippen LogP contribution in [0.1, 0.15) is 17.3 Å². The van der Waals surface area contributed by atoms with Gasteiger partial charge in [-0.3, -0.25) is 4.79 Å². The third kappa shape index (κ3) is 4.00. The maximum atomic E-state index is 12.6. The topological polar surface area (TPSA) is 91.0 Å². The molecule has 0 heterocycles. The molecule has 0 bridgehead atoms. The Morgan fingerprint density at radius 3 is 2.47 bits per heavy atom. The summed E-state index contributed by atoms with van der Waals surface area (Å²) in [6.07, 6.45) is 0. The van der Waals surface area contributed by atoms with Crippen molar-refractivity contribution in [3.05, 3.63) is 35.6 Å². The molecule has 0 saturated heterocycles. The molecule has 0 amide bonds. The van der Waals surface area contributed by atoms with Gasteiger partial charge in [-0.25, -0.2) is 9.18 Å². The Bertz CT molecular complexity index is 546. The first-order chi connectivity index (χ1) is 8.95. The van der Waals surface area contributed by atoms with Crippen molar-refractivity contribution in [2.24, 2.45) is 5.92 Å². The average molecular weight is 262 g/mol. The molecule has 1 aromatic rings. The van der Waals surface area contributed by atoms with Gasteiger partial charge in [0.25, 0.3) is 0 Å². The van der Waals surface area contributed by atoms with Gasteiger partial charge in [0.15, 0.2) is 12.4 Å². The van der Waals surface area contributed by atoms with Crippen LogP contribution in [0.25, 0.3) is 0 Å². The summed E-state index contributed by atoms with van der Waals surface area (Å²) < 4.78 is 17.3. The number of esters is 1. The lowest BCUT2D eigenvalue weighted by Crippen LogP contribution is -2.25. The molecule has 0 aliphatic carbocycles. The minimum atomic E-state index is -1.21. The molecular formula is C13H11FN2O3. The first-order valence-electron chi connectivity index (χ1n) is 5.35. The predicted octanol–water partition coefficient (Wildman–Crippen LogP) is 1.73. The van der Waals surface area contributed by atoms with Gasteiger partial charge in [-0.15, -0.1) is 0 Å². The molecule has 0 spiro atoms. The summed E-state index contributed by atoms with van der Waals surface area (Å²) >= 11 is 0. The van der Waals surface area contributed by atoms with E-state index in [0.717, 1.165) is 12.1 Å². The largest absolute Gasteiger partial charge is 0.454 e. The maximum Gasteiger partial charge on any atom is 0.338 e. The highest BCUT2D eigenvalue weighted by Crippen LogP contribution is 2.06. The van der Waals surface area contributed by atoms with E-state index in [9.17, 15) is 14.0 Å². The SMILES string of the molecule is CC(=N)C(C#N)C(=O)COC(=O)c1ccc(F)cc1. The molecule has 5 nitrogen and oxygen atoms in total. The number of hydrogen-bond acceptors (Lipinski definition) is 5. The van der Waals surface area contributed by atoms with E-state index in [1.807, 2.05) is 0 Å². The third-order valence-electron chi connectivity index (χ3n) is 2.31. The smallest absolute Gasteiger partial charge is 0.338 e. The Kier molecular flexibility index (Phi) is 4.89. The van der Waals surface area contributed by atoms with Crippen LogP contribution in [0, 0.1) is 28.5 Å². The molecule has 0 fully saturated rings. The van der Waals surface area contributed by atoms with Crippen LogP contribution >= 0.6 is 0 Å². The van der Waals surface area contributed by atoms with Gasteiger partial charge in [0.05, 0.1) is 11.6 Å². The van der Waals surface area contributed by atoms with Crippen molar-refractivity contribution in [3.8, 4) is 6.07 Å². The Balaban J connectivity index is 2.60. The second-order valence-electron chi connectivity index (χ2n) is 3.79. The van der Waals surface area contributed by atoms with Crippen LogP contribution in [0.2, 0.25) is 0 Å². The van der Waals surface area contributed by atoms with Crippen LogP contribution < -0.4 is 0 Å². The minimum Gasteiger partial charge on any atom is -0.454 e. The van der Waals surface area contributed by atoms with E-state index in [0.29, 0.717) is 0 Å². The van der Waals surface area contributed by atoms with Crippen LogP contribution in [0.4, 0.5) is 4.39 Å². The molecule has 0 aromatic heterocycles. The van der Waals surface area contributed by atoms with Crippen molar-refractivity contribution in [3.63, 3.8) is 0 Å². The monoisotopic (exact) mass is 262 g/mol. The molecule has 1 unspecified atom stereocenters. The quantitative estimate of drug-likeness (QED) is 0.646. The van der Waals surface area contributed by atoms with Crippen molar-refractivity contribution >= 4 is 17.5 Å². The molecule has 0 aliphatic heterocycles. The number of ether oxygens (including phenoxy) is 1. The zero-order valence-corrected chi connectivity index (χ0v) is 10.1. The van der Waals surface area contributed by atoms with Gasteiger partial charge in [0, 0.05) is 5.71 Å². The number of carbonyl (C=O) groups is 2. The number of carbonyl (C=O) groups excluding carboxylic acids is 2. The number of halogens is 1. The highest BCUT2D eigenvalue weighted by atomic mass is 19.1. The normalized spacial score (nSPS) is 11.2. The van der Waals surface area contributed by atoms with Gasteiger partial charge in [0.2, 0.25) is 0 Å². The molecule has 1 N–H and O–H groups in total. The lowest BCUT2D eigenvalue weighted by atomic mass is 10.0. The minimum absolute atomic E-state index is 0.106. The number of nitrogens with zero attached hydrogens (tertiary/aromatic N) is 1. The lowest BCUT2D eigenvalue weighted by molar-refractivity contribution is -0.122. The number of ketones is 1. The van der Waals surface area contributed by atoms with E-state index < -0.39 is 30.1 Å². The molecule has 1 atom stereocenters. The van der Waals surface area contributed by atoms with Gasteiger partial charge >= 0.3 is 5.97 Å². The van der Waals surface area contributed by atoms with Gasteiger partial charge in [-0.2, -0.15) is 5.26 Å². The molecule has 6 heteroatoms. The van der Waals surface area contributed by atoms with E-state index in [4.69, 9.17) is 15.4 Å². The van der Waals surface area contributed by atoms with E-state index >= 15 is 0 Å². The summed E-state index contributed by atoms with van der Waals surface area (Å²) in [7, 11) is 0. The fourth-order valence-corrected chi connectivity index (χ4v) is 1.30. The summed E-state index contributed by atoms with van der Waals surface area (Å²) in [6.45, 7) is 0.734. The number of hydrogen-bond donors (Lipinski definition) is 1. The van der Waals surface area contributed by atoms with Crippen molar-refractivity contribution < 1.29 is 18.7 Å². The average Bonchev–Trinajstić information content (AvgIpc) is 2.37. The van der Waals surface area contributed by atoms with Gasteiger partial charge in [0.1, 0.15) is 11.7 Å². The van der Waals surface area contributed by atoms with Crippen LogP contribution in [-0.2, 0) is 9.53 Å². The first kappa shape index (κ1) is 14.5. The predicted molar refractivity (Wildman–Crippen MR) is 64.2 cm³/mol. The Hall–Kier alpha value is -2.55. The second kappa shape index (κ2) is 6.40. The highest BCUT2D eigenvalue weighted by molar-refractivity contribution is 6.06. The molecule has 0 aliphatic rings. The van der Waals surface area contributed by atoms with Crippen molar-refractivity contribution in [1.82, 2.24) is 0 Å². The zero-order chi connectivity index (χ0) is 14.4. The molecule has 0 saturated carbocycles. The van der Waals surface area contributed by atoms with Gasteiger partial charge in [-0.05, 0) is 31.2 Å². The van der Waals surface area contributed by atoms with Gasteiger partial charge in [-0.1, -0.05) is 0 Å². The Morgan fingerprint density at radius 1 is 1.42 bits per heavy atom. The van der Waals surface area contributed by atoms with Crippen molar-refractivity contribution in [2.75, 3.05) is 6.61 Å². The second-order valence-corrected chi connectivity index (χ2v) is 3.79. The zero-order valence-electron chi connectivity index (χ0n) is 10.1. The van der Waals surface area contributed by atoms with Crippen LogP contribution in [0.5, 0.6) is 0 Å². The maximum absolute atomic E-state index is 12.6. The highest BCUT2D eigenvalue weighted by Gasteiger charge is 2.21. The van der Waals surface area contributed by atoms with E-state index in [-0.39, 0.29) is 11.3 Å². The third-order valence-corrected chi connectivity index (χ3v) is 2.31. The number of rotatable bonds is 5. The fraction of sp³-hybridized carbons (Fsp3) is 0.231. The summed E-state index contributed by atoms with van der Waals surface area (Å²) in [5, 5.41) is 15.9. The lowest BCUT2D eigenvalue weighted by Gasteiger charge is -2.07. The fourth-order valence-electron chi connectivity index (χ4n) is 1.30. The first-order valence-corrected chi connectivity index (χ1v) is 5.35. The Labute approximate surface area is 109 Å². The van der Waals surface area contributed by atoms with Crippen LogP contribution in [0.3, 0.4) is 0 Å². The molecular weight excluding hydrogens is 251 g/mol. The van der Waals surface area contributed by atoms with Crippen LogP contribution in [-0.4, -0.2) is 24.1 Å². The van der Waals surface area contributed by atoms with Crippen molar-refractivity contribution in [2.45, 2.75) is 6.92 Å². The summed E-state index contributed by atoms with van der Waals surface area (Å²) in [5.41, 5.74) is -0.000358. The number of nitrogens with one attached hydrogen (secondary N) is 1. The molecule has 0 radical (unpaired) electrons. The number of nitriles is 1. The van der Waals surface area contributed by atoms with E-state index in [2.05, 4.69) is 0 Å². The Morgan fingerprint density at radius 2 is 2.00 bits per heavy atom. The van der Waals surface area contributed by atoms with Crippen LogP contribution in [0.15, 0.2) is 24.3 Å². The van der Waals surface area contributed by atoms with E-state index in [1.165, 1.54) is 19.1 Å². The summed E-state index contributed by atoms with van der Waals surface area (Å²) in [6, 6.07) is 6.30. The molecule has 1 aromatic carbocycles. The van der Waals surface area contributed by atoms with E-state index in [1.54, 1.807) is 6.07 Å². The molecule has 1 rings (SSSR count). The van der Waals surface area contributed by atoms with Gasteiger partial charge < -0.3 is 10.1 Å². The molecule has 98 valence electrons. The standard InChI is InChI=1S/C13H11FN2O3/c1-8(16)11(6-15)12(17)7-19-13(18)9-2-4-10(14)5-3-9/h2-5,11,16H,7H2,1H3. The number of benzene rings is 1. The summed E-state index contributed by atoms with van der Waals surface area (Å²) in [5.74, 6) is -3.14. The molecule has 19 heavy (non-hydrogen) atoms. The van der Waals surface area contributed by atoms with Crippen molar-refractivity contribution in [1.29, 1.82) is 10.7 Å². The number of Topliss-reactive ketones (excluding diaryl/α,β-unsaturated/α-hetero) is 1. The summed E-state index contributed by atoms with van der Waals surface area (Å²) in [4.78, 5) is 23.0.